The fourth-order valence-corrected chi connectivity index (χ4v) is 5.76. The van der Waals surface area contributed by atoms with Gasteiger partial charge in [0.15, 0.2) is 0 Å². The Morgan fingerprint density at radius 3 is 2.15 bits per heavy atom. The van der Waals surface area contributed by atoms with Crippen molar-refractivity contribution in [2.24, 2.45) is 5.92 Å². The highest BCUT2D eigenvalue weighted by Crippen LogP contribution is 2.32. The second-order valence-corrected chi connectivity index (χ2v) is 12.1. The first-order valence-electron chi connectivity index (χ1n) is 13.1. The molecule has 0 aliphatic heterocycles. The smallest absolute Gasteiger partial charge is 0.264 e. The summed E-state index contributed by atoms with van der Waals surface area (Å²) in [6.07, 6.45) is 0.494. The van der Waals surface area contributed by atoms with Gasteiger partial charge in [0.25, 0.3) is 10.0 Å². The van der Waals surface area contributed by atoms with Crippen molar-refractivity contribution >= 4 is 39.1 Å². The number of halogens is 1. The average molecular weight is 586 g/mol. The number of hydrogen-bond donors (Lipinski definition) is 1. The van der Waals surface area contributed by atoms with Gasteiger partial charge in [0.05, 0.1) is 22.7 Å². The van der Waals surface area contributed by atoms with Gasteiger partial charge in [0.2, 0.25) is 11.8 Å². The van der Waals surface area contributed by atoms with Crippen molar-refractivity contribution in [3.05, 3.63) is 89.4 Å². The summed E-state index contributed by atoms with van der Waals surface area (Å²) < 4.78 is 33.9. The van der Waals surface area contributed by atoms with E-state index in [2.05, 4.69) is 5.32 Å². The number of ether oxygens (including phenoxy) is 1. The number of sulfonamides is 1. The summed E-state index contributed by atoms with van der Waals surface area (Å²) in [5.74, 6) is -0.223. The van der Waals surface area contributed by atoms with E-state index in [1.54, 1.807) is 31.2 Å². The van der Waals surface area contributed by atoms with Crippen molar-refractivity contribution in [1.29, 1.82) is 0 Å². The molecular formula is C30H36ClN3O5S. The van der Waals surface area contributed by atoms with Crippen molar-refractivity contribution in [2.75, 3.05) is 31.0 Å². The van der Waals surface area contributed by atoms with E-state index < -0.39 is 28.5 Å². The van der Waals surface area contributed by atoms with Crippen LogP contribution in [0.4, 0.5) is 5.69 Å². The van der Waals surface area contributed by atoms with E-state index >= 15 is 0 Å². The molecule has 2 amide bonds. The first-order chi connectivity index (χ1) is 19.0. The highest BCUT2D eigenvalue weighted by atomic mass is 35.5. The number of carbonyl (C=O) groups is 2. The second kappa shape index (κ2) is 14.2. The van der Waals surface area contributed by atoms with Crippen molar-refractivity contribution in [3.63, 3.8) is 0 Å². The van der Waals surface area contributed by atoms with Crippen LogP contribution in [-0.4, -0.2) is 57.9 Å². The zero-order valence-corrected chi connectivity index (χ0v) is 24.8. The summed E-state index contributed by atoms with van der Waals surface area (Å²) in [4.78, 5) is 28.4. The maximum Gasteiger partial charge on any atom is 0.264 e. The Balaban J connectivity index is 1.98. The molecule has 0 bridgehead atoms. The van der Waals surface area contributed by atoms with Crippen LogP contribution in [0.1, 0.15) is 26.3 Å². The number of methoxy groups -OCH3 is 1. The maximum absolute atomic E-state index is 13.9. The molecule has 214 valence electrons. The summed E-state index contributed by atoms with van der Waals surface area (Å²) in [6.45, 7) is 5.77. The lowest BCUT2D eigenvalue weighted by molar-refractivity contribution is -0.138. The number of benzene rings is 3. The minimum Gasteiger partial charge on any atom is -0.495 e. The first-order valence-corrected chi connectivity index (χ1v) is 14.9. The predicted molar refractivity (Wildman–Crippen MR) is 158 cm³/mol. The third kappa shape index (κ3) is 7.99. The molecule has 0 radical (unpaired) electrons. The maximum atomic E-state index is 13.9. The van der Waals surface area contributed by atoms with E-state index in [1.807, 2.05) is 44.2 Å². The molecule has 3 aromatic carbocycles. The molecule has 1 N–H and O–H groups in total. The lowest BCUT2D eigenvalue weighted by Crippen LogP contribution is -2.52. The molecular weight excluding hydrogens is 550 g/mol. The van der Waals surface area contributed by atoms with Gasteiger partial charge in [0.1, 0.15) is 18.3 Å². The molecule has 40 heavy (non-hydrogen) atoms. The molecule has 3 rings (SSSR count). The minimum atomic E-state index is -4.17. The van der Waals surface area contributed by atoms with Crippen LogP contribution in [0.3, 0.4) is 0 Å². The van der Waals surface area contributed by atoms with E-state index in [4.69, 9.17) is 16.3 Å². The summed E-state index contributed by atoms with van der Waals surface area (Å²) >= 11 is 6.34. The second-order valence-electron chi connectivity index (χ2n) is 9.78. The van der Waals surface area contributed by atoms with E-state index in [-0.39, 0.29) is 34.0 Å². The van der Waals surface area contributed by atoms with Crippen LogP contribution in [0.2, 0.25) is 5.02 Å². The summed E-state index contributed by atoms with van der Waals surface area (Å²) in [5.41, 5.74) is 1.19. The molecule has 0 spiro atoms. The van der Waals surface area contributed by atoms with E-state index in [0.717, 1.165) is 9.87 Å². The highest BCUT2D eigenvalue weighted by Gasteiger charge is 2.32. The number of nitrogens with one attached hydrogen (secondary N) is 1. The Kier molecular flexibility index (Phi) is 11.0. The molecule has 0 heterocycles. The first kappa shape index (κ1) is 31.0. The quantitative estimate of drug-likeness (QED) is 0.312. The largest absolute Gasteiger partial charge is 0.495 e. The van der Waals surface area contributed by atoms with Crippen molar-refractivity contribution in [3.8, 4) is 5.75 Å². The van der Waals surface area contributed by atoms with Crippen LogP contribution in [0.5, 0.6) is 5.75 Å². The van der Waals surface area contributed by atoms with Crippen LogP contribution in [0.15, 0.2) is 83.8 Å². The lowest BCUT2D eigenvalue weighted by Gasteiger charge is -2.32. The van der Waals surface area contributed by atoms with Gasteiger partial charge in [-0.15, -0.1) is 0 Å². The van der Waals surface area contributed by atoms with Gasteiger partial charge >= 0.3 is 0 Å². The van der Waals surface area contributed by atoms with E-state index in [0.29, 0.717) is 18.7 Å². The van der Waals surface area contributed by atoms with Crippen LogP contribution >= 0.6 is 11.6 Å². The Hall–Kier alpha value is -3.56. The van der Waals surface area contributed by atoms with Gasteiger partial charge in [-0.25, -0.2) is 8.42 Å². The summed E-state index contributed by atoms with van der Waals surface area (Å²) in [7, 11) is -2.71. The third-order valence-corrected chi connectivity index (χ3v) is 8.45. The molecule has 0 aliphatic carbocycles. The monoisotopic (exact) mass is 585 g/mol. The number of rotatable bonds is 13. The van der Waals surface area contributed by atoms with Gasteiger partial charge in [-0.3, -0.25) is 13.9 Å². The van der Waals surface area contributed by atoms with Crippen molar-refractivity contribution in [2.45, 2.75) is 38.1 Å². The van der Waals surface area contributed by atoms with Crippen LogP contribution in [0, 0.1) is 5.92 Å². The van der Waals surface area contributed by atoms with Gasteiger partial charge in [-0.05, 0) is 55.2 Å². The number of hydrogen-bond acceptors (Lipinski definition) is 5. The molecule has 3 aromatic rings. The Labute approximate surface area is 241 Å². The van der Waals surface area contributed by atoms with Gasteiger partial charge in [-0.2, -0.15) is 0 Å². The molecule has 0 saturated heterocycles. The Bertz CT molecular complexity index is 1380. The topological polar surface area (TPSA) is 96.0 Å². The average Bonchev–Trinajstić information content (AvgIpc) is 2.95. The van der Waals surface area contributed by atoms with E-state index in [1.165, 1.54) is 36.3 Å². The van der Waals surface area contributed by atoms with Gasteiger partial charge < -0.3 is 15.0 Å². The summed E-state index contributed by atoms with van der Waals surface area (Å²) in [5, 5.41) is 3.08. The van der Waals surface area contributed by atoms with Crippen LogP contribution < -0.4 is 14.4 Å². The molecule has 0 fully saturated rings. The van der Waals surface area contributed by atoms with Gasteiger partial charge in [0, 0.05) is 13.1 Å². The molecule has 10 heteroatoms. The van der Waals surface area contributed by atoms with Crippen molar-refractivity contribution in [1.82, 2.24) is 10.2 Å². The minimum absolute atomic E-state index is 0.0216. The van der Waals surface area contributed by atoms with E-state index in [9.17, 15) is 18.0 Å². The Morgan fingerprint density at radius 1 is 0.950 bits per heavy atom. The zero-order valence-electron chi connectivity index (χ0n) is 23.2. The van der Waals surface area contributed by atoms with Crippen molar-refractivity contribution < 1.29 is 22.7 Å². The standard InChI is InChI=1S/C30H36ClN3O5S/c1-22(2)20-32-30(36)23(3)33(18-17-24-11-7-5-8-12-24)29(35)21-34(25-15-16-28(39-4)27(31)19-25)40(37,38)26-13-9-6-10-14-26/h5-16,19,22-23H,17-18,20-21H2,1-4H3,(H,32,36)/t23-/m1/s1. The molecule has 0 aliphatic rings. The Morgan fingerprint density at radius 2 is 1.57 bits per heavy atom. The molecule has 0 saturated carbocycles. The zero-order chi connectivity index (χ0) is 29.3. The summed E-state index contributed by atoms with van der Waals surface area (Å²) in [6, 6.07) is 21.2. The predicted octanol–water partition coefficient (Wildman–Crippen LogP) is 4.78. The third-order valence-electron chi connectivity index (χ3n) is 6.37. The lowest BCUT2D eigenvalue weighted by atomic mass is 10.1. The number of amides is 2. The van der Waals surface area contributed by atoms with Crippen LogP contribution in [0.25, 0.3) is 0 Å². The molecule has 8 nitrogen and oxygen atoms in total. The highest BCUT2D eigenvalue weighted by molar-refractivity contribution is 7.92. The van der Waals surface area contributed by atoms with Crippen LogP contribution in [-0.2, 0) is 26.0 Å². The number of nitrogens with zero attached hydrogens (tertiary/aromatic N) is 2. The van der Waals surface area contributed by atoms with Gasteiger partial charge in [-0.1, -0.05) is 74.0 Å². The number of anilines is 1. The molecule has 0 aromatic heterocycles. The SMILES string of the molecule is COc1ccc(N(CC(=O)N(CCc2ccccc2)[C@H](C)C(=O)NCC(C)C)S(=O)(=O)c2ccccc2)cc1Cl. The fourth-order valence-electron chi connectivity index (χ4n) is 4.08. The number of carbonyl (C=O) groups excluding carboxylic acids is 2. The fraction of sp³-hybridized carbons (Fsp3) is 0.333. The molecule has 1 atom stereocenters. The molecule has 0 unspecified atom stereocenters. The normalized spacial score (nSPS) is 12.1.